The summed E-state index contributed by atoms with van der Waals surface area (Å²) in [6, 6.07) is 23.1. The first kappa shape index (κ1) is 22.9. The Labute approximate surface area is 191 Å². The largest absolute Gasteiger partial charge is 0.325 e. The minimum atomic E-state index is -0.380. The van der Waals surface area contributed by atoms with Crippen molar-refractivity contribution in [3.8, 4) is 0 Å². The highest BCUT2D eigenvalue weighted by Gasteiger charge is 2.08. The number of urea groups is 1. The predicted molar refractivity (Wildman–Crippen MR) is 131 cm³/mol. The molecule has 3 rings (SSSR count). The van der Waals surface area contributed by atoms with Crippen molar-refractivity contribution in [3.05, 3.63) is 84.4 Å². The maximum absolute atomic E-state index is 12.2. The van der Waals surface area contributed by atoms with Gasteiger partial charge in [0.15, 0.2) is 0 Å². The summed E-state index contributed by atoms with van der Waals surface area (Å²) in [6.45, 7) is 1.95. The molecule has 0 heterocycles. The van der Waals surface area contributed by atoms with Gasteiger partial charge in [0.05, 0.1) is 11.5 Å². The lowest BCUT2D eigenvalue weighted by Crippen LogP contribution is -2.20. The lowest BCUT2D eigenvalue weighted by Gasteiger charge is -2.10. The van der Waals surface area contributed by atoms with Gasteiger partial charge in [-0.1, -0.05) is 36.4 Å². The molecule has 0 atom stereocenters. The first-order valence-corrected chi connectivity index (χ1v) is 11.1. The molecule has 7 nitrogen and oxygen atoms in total. The molecule has 0 saturated heterocycles. The van der Waals surface area contributed by atoms with E-state index in [2.05, 4.69) is 21.3 Å². The maximum Gasteiger partial charge on any atom is 0.323 e. The number of amides is 4. The van der Waals surface area contributed by atoms with Gasteiger partial charge in [0.2, 0.25) is 11.8 Å². The number of carbonyl (C=O) groups excluding carboxylic acids is 3. The Bertz CT molecular complexity index is 1090. The molecule has 0 spiro atoms. The average Bonchev–Trinajstić information content (AvgIpc) is 2.74. The van der Waals surface area contributed by atoms with Gasteiger partial charge in [0, 0.05) is 22.7 Å². The second kappa shape index (κ2) is 11.6. The van der Waals surface area contributed by atoms with Crippen LogP contribution in [-0.2, 0) is 9.59 Å². The standard InChI is InChI=1S/C24H24N4O3S/c1-17-7-5-10-19(13-17)25-22(29)15-32-16-23(30)26-20-11-6-12-21(14-20)28-24(31)27-18-8-3-2-4-9-18/h2-14H,15-16H2,1H3,(H,25,29)(H,26,30)(H2,27,28,31). The fourth-order valence-electron chi connectivity index (χ4n) is 2.84. The highest BCUT2D eigenvalue weighted by molar-refractivity contribution is 8.00. The average molecular weight is 449 g/mol. The fourth-order valence-corrected chi connectivity index (χ4v) is 3.46. The van der Waals surface area contributed by atoms with E-state index in [1.165, 1.54) is 11.8 Å². The van der Waals surface area contributed by atoms with Crippen LogP contribution in [0, 0.1) is 6.92 Å². The van der Waals surface area contributed by atoms with E-state index in [1.54, 1.807) is 36.4 Å². The second-order valence-corrected chi connectivity index (χ2v) is 7.97. The Kier molecular flexibility index (Phi) is 8.28. The Morgan fingerprint density at radius 1 is 0.625 bits per heavy atom. The van der Waals surface area contributed by atoms with E-state index in [9.17, 15) is 14.4 Å². The molecule has 0 bridgehead atoms. The smallest absolute Gasteiger partial charge is 0.323 e. The number of carbonyl (C=O) groups is 3. The topological polar surface area (TPSA) is 99.3 Å². The van der Waals surface area contributed by atoms with Crippen LogP contribution < -0.4 is 21.3 Å². The molecule has 3 aromatic rings. The van der Waals surface area contributed by atoms with Gasteiger partial charge in [-0.15, -0.1) is 11.8 Å². The van der Waals surface area contributed by atoms with E-state index in [0.29, 0.717) is 17.1 Å². The Hall–Kier alpha value is -3.78. The summed E-state index contributed by atoms with van der Waals surface area (Å²) in [6.07, 6.45) is 0. The number of para-hydroxylation sites is 1. The molecule has 4 N–H and O–H groups in total. The molecule has 0 aliphatic carbocycles. The van der Waals surface area contributed by atoms with Crippen molar-refractivity contribution in [2.45, 2.75) is 6.92 Å². The first-order chi connectivity index (χ1) is 15.5. The molecular weight excluding hydrogens is 424 g/mol. The van der Waals surface area contributed by atoms with Gasteiger partial charge in [-0.3, -0.25) is 9.59 Å². The number of hydrogen-bond donors (Lipinski definition) is 4. The maximum atomic E-state index is 12.2. The molecule has 32 heavy (non-hydrogen) atoms. The summed E-state index contributed by atoms with van der Waals surface area (Å²) < 4.78 is 0. The van der Waals surface area contributed by atoms with Crippen LogP contribution in [0.2, 0.25) is 0 Å². The van der Waals surface area contributed by atoms with Crippen LogP contribution in [-0.4, -0.2) is 29.4 Å². The van der Waals surface area contributed by atoms with Crippen molar-refractivity contribution in [3.63, 3.8) is 0 Å². The number of hydrogen-bond acceptors (Lipinski definition) is 4. The van der Waals surface area contributed by atoms with Crippen LogP contribution in [0.1, 0.15) is 5.56 Å². The zero-order valence-electron chi connectivity index (χ0n) is 17.6. The van der Waals surface area contributed by atoms with E-state index < -0.39 is 0 Å². The van der Waals surface area contributed by atoms with Gasteiger partial charge in [-0.05, 0) is 55.0 Å². The molecule has 0 aromatic heterocycles. The summed E-state index contributed by atoms with van der Waals surface area (Å²) in [5.41, 5.74) is 3.57. The third-order valence-corrected chi connectivity index (χ3v) is 5.14. The normalized spacial score (nSPS) is 10.2. The molecule has 164 valence electrons. The van der Waals surface area contributed by atoms with Crippen molar-refractivity contribution in [1.29, 1.82) is 0 Å². The van der Waals surface area contributed by atoms with E-state index in [0.717, 1.165) is 11.3 Å². The zero-order chi connectivity index (χ0) is 22.8. The highest BCUT2D eigenvalue weighted by atomic mass is 32.2. The summed E-state index contributed by atoms with van der Waals surface area (Å²) in [4.78, 5) is 36.4. The van der Waals surface area contributed by atoms with Crippen molar-refractivity contribution < 1.29 is 14.4 Å². The summed E-state index contributed by atoms with van der Waals surface area (Å²) in [7, 11) is 0. The predicted octanol–water partition coefficient (Wildman–Crippen LogP) is 4.95. The molecule has 3 aromatic carbocycles. The molecule has 0 aliphatic rings. The monoisotopic (exact) mass is 448 g/mol. The lowest BCUT2D eigenvalue weighted by molar-refractivity contribution is -0.114. The molecule has 4 amide bonds. The van der Waals surface area contributed by atoms with E-state index in [1.807, 2.05) is 49.4 Å². The van der Waals surface area contributed by atoms with E-state index in [4.69, 9.17) is 0 Å². The minimum absolute atomic E-state index is 0.132. The van der Waals surface area contributed by atoms with Crippen molar-refractivity contribution in [2.24, 2.45) is 0 Å². The molecule has 0 aliphatic heterocycles. The number of anilines is 4. The van der Waals surface area contributed by atoms with Crippen molar-refractivity contribution in [2.75, 3.05) is 32.8 Å². The van der Waals surface area contributed by atoms with E-state index in [-0.39, 0.29) is 29.4 Å². The molecule has 0 saturated carbocycles. The summed E-state index contributed by atoms with van der Waals surface area (Å²) in [5.74, 6) is -0.0935. The molecule has 0 fully saturated rings. The number of thioether (sulfide) groups is 1. The summed E-state index contributed by atoms with van der Waals surface area (Å²) in [5, 5.41) is 11.0. The van der Waals surface area contributed by atoms with Crippen molar-refractivity contribution in [1.82, 2.24) is 0 Å². The SMILES string of the molecule is Cc1cccc(NC(=O)CSCC(=O)Nc2cccc(NC(=O)Nc3ccccc3)c2)c1. The van der Waals surface area contributed by atoms with Crippen LogP contribution in [0.4, 0.5) is 27.5 Å². The number of nitrogens with one attached hydrogen (secondary N) is 4. The van der Waals surface area contributed by atoms with Crippen LogP contribution in [0.5, 0.6) is 0 Å². The quantitative estimate of drug-likeness (QED) is 0.392. The number of benzene rings is 3. The van der Waals surface area contributed by atoms with Crippen LogP contribution in [0.3, 0.4) is 0 Å². The Morgan fingerprint density at radius 3 is 1.75 bits per heavy atom. The lowest BCUT2D eigenvalue weighted by atomic mass is 10.2. The Balaban J connectivity index is 1.42. The Morgan fingerprint density at radius 2 is 1.12 bits per heavy atom. The van der Waals surface area contributed by atoms with Gasteiger partial charge in [0.1, 0.15) is 0 Å². The van der Waals surface area contributed by atoms with Gasteiger partial charge in [-0.2, -0.15) is 0 Å². The third-order valence-electron chi connectivity index (χ3n) is 4.20. The molecular formula is C24H24N4O3S. The van der Waals surface area contributed by atoms with Gasteiger partial charge in [-0.25, -0.2) is 4.79 Å². The molecule has 0 radical (unpaired) electrons. The number of aryl methyl sites for hydroxylation is 1. The highest BCUT2D eigenvalue weighted by Crippen LogP contribution is 2.17. The van der Waals surface area contributed by atoms with Crippen LogP contribution in [0.15, 0.2) is 78.9 Å². The van der Waals surface area contributed by atoms with Gasteiger partial charge < -0.3 is 21.3 Å². The third kappa shape index (κ3) is 7.81. The molecule has 0 unspecified atom stereocenters. The van der Waals surface area contributed by atoms with Crippen LogP contribution >= 0.6 is 11.8 Å². The summed E-state index contributed by atoms with van der Waals surface area (Å²) >= 11 is 1.22. The van der Waals surface area contributed by atoms with Gasteiger partial charge >= 0.3 is 6.03 Å². The zero-order valence-corrected chi connectivity index (χ0v) is 18.4. The second-order valence-electron chi connectivity index (χ2n) is 6.98. The number of rotatable bonds is 8. The van der Waals surface area contributed by atoms with Crippen molar-refractivity contribution >= 4 is 52.4 Å². The molecule has 8 heteroatoms. The van der Waals surface area contributed by atoms with E-state index >= 15 is 0 Å². The minimum Gasteiger partial charge on any atom is -0.325 e. The first-order valence-electron chi connectivity index (χ1n) is 9.95. The fraction of sp³-hybridized carbons (Fsp3) is 0.125. The van der Waals surface area contributed by atoms with Gasteiger partial charge in [0.25, 0.3) is 0 Å². The van der Waals surface area contributed by atoms with Crippen LogP contribution in [0.25, 0.3) is 0 Å².